The first-order chi connectivity index (χ1) is 14.8. The van der Waals surface area contributed by atoms with Gasteiger partial charge in [-0.2, -0.15) is 11.8 Å². The molecule has 2 aromatic carbocycles. The van der Waals surface area contributed by atoms with E-state index in [0.717, 1.165) is 16.7 Å². The third-order valence-electron chi connectivity index (χ3n) is 4.56. The van der Waals surface area contributed by atoms with Crippen LogP contribution >= 0.6 is 19.1 Å². The van der Waals surface area contributed by atoms with Gasteiger partial charge in [0.05, 0.1) is 19.6 Å². The molecule has 2 aromatic rings. The van der Waals surface area contributed by atoms with Crippen LogP contribution in [0.2, 0.25) is 0 Å². The van der Waals surface area contributed by atoms with Crippen LogP contribution in [0.3, 0.4) is 0 Å². The fraction of sp³-hybridized carbons (Fsp3) is 0.391. The van der Waals surface area contributed by atoms with Gasteiger partial charge in [-0.15, -0.1) is 0 Å². The molecule has 0 fully saturated rings. The van der Waals surface area contributed by atoms with Crippen LogP contribution < -0.4 is 5.30 Å². The number of hydrogen-bond donors (Lipinski definition) is 1. The molecule has 0 amide bonds. The third-order valence-corrected chi connectivity index (χ3v) is 7.81. The number of aliphatic hydroxyl groups is 1. The standard InChI is InChI=1S/C23H29O6PS/c1-17-15-18(2)22(19(3)16-17)23(26)30(27,20-7-5-4-6-8-20)29-12-11-28-21(25)9-13-31-14-10-24/h4-8,15-16,24H,9-14H2,1-3H3. The number of esters is 1. The van der Waals surface area contributed by atoms with Crippen molar-refractivity contribution in [2.24, 2.45) is 0 Å². The van der Waals surface area contributed by atoms with E-state index >= 15 is 0 Å². The molecule has 6 nitrogen and oxygen atoms in total. The number of carbonyl (C=O) groups excluding carboxylic acids is 2. The number of aliphatic hydroxyl groups excluding tert-OH is 1. The summed E-state index contributed by atoms with van der Waals surface area (Å²) in [7, 11) is -3.91. The van der Waals surface area contributed by atoms with Gasteiger partial charge in [0, 0.05) is 22.4 Å². The summed E-state index contributed by atoms with van der Waals surface area (Å²) < 4.78 is 24.6. The first-order valence-corrected chi connectivity index (χ1v) is 12.8. The Morgan fingerprint density at radius 2 is 1.65 bits per heavy atom. The molecular weight excluding hydrogens is 435 g/mol. The number of hydrogen-bond acceptors (Lipinski definition) is 7. The molecule has 0 bridgehead atoms. The van der Waals surface area contributed by atoms with Crippen molar-refractivity contribution in [1.82, 2.24) is 0 Å². The Kier molecular flexibility index (Phi) is 9.97. The summed E-state index contributed by atoms with van der Waals surface area (Å²) in [6, 6.07) is 12.2. The molecule has 0 saturated heterocycles. The zero-order valence-corrected chi connectivity index (χ0v) is 19.8. The summed E-state index contributed by atoms with van der Waals surface area (Å²) in [5.74, 6) is 0.712. The van der Waals surface area contributed by atoms with Crippen molar-refractivity contribution in [2.75, 3.05) is 31.3 Å². The van der Waals surface area contributed by atoms with Crippen LogP contribution in [0.15, 0.2) is 42.5 Å². The Balaban J connectivity index is 2.13. The molecule has 31 heavy (non-hydrogen) atoms. The Hall–Kier alpha value is -1.92. The molecule has 1 atom stereocenters. The molecule has 8 heteroatoms. The van der Waals surface area contributed by atoms with E-state index in [9.17, 15) is 14.2 Å². The first kappa shape index (κ1) is 25.3. The van der Waals surface area contributed by atoms with Crippen LogP contribution in [0.5, 0.6) is 0 Å². The van der Waals surface area contributed by atoms with Crippen molar-refractivity contribution >= 4 is 35.9 Å². The van der Waals surface area contributed by atoms with Crippen molar-refractivity contribution in [2.45, 2.75) is 27.2 Å². The fourth-order valence-corrected chi connectivity index (χ4v) is 5.94. The lowest BCUT2D eigenvalue weighted by atomic mass is 10.0. The summed E-state index contributed by atoms with van der Waals surface area (Å²) >= 11 is 1.46. The van der Waals surface area contributed by atoms with Crippen molar-refractivity contribution in [3.05, 3.63) is 64.7 Å². The van der Waals surface area contributed by atoms with E-state index in [0.29, 0.717) is 22.4 Å². The summed E-state index contributed by atoms with van der Waals surface area (Å²) in [4.78, 5) is 25.2. The maximum atomic E-state index is 13.9. The molecule has 168 valence electrons. The predicted molar refractivity (Wildman–Crippen MR) is 125 cm³/mol. The first-order valence-electron chi connectivity index (χ1n) is 10.1. The average molecular weight is 465 g/mol. The van der Waals surface area contributed by atoms with Gasteiger partial charge < -0.3 is 14.4 Å². The van der Waals surface area contributed by atoms with E-state index in [2.05, 4.69) is 0 Å². The largest absolute Gasteiger partial charge is 0.463 e. The normalized spacial score (nSPS) is 12.9. The molecular formula is C23H29O6PS. The summed E-state index contributed by atoms with van der Waals surface area (Å²) in [6.07, 6.45) is 0.210. The summed E-state index contributed by atoms with van der Waals surface area (Å²) in [6.45, 7) is 5.39. The van der Waals surface area contributed by atoms with Crippen molar-refractivity contribution < 1.29 is 28.5 Å². The van der Waals surface area contributed by atoms with E-state index in [4.69, 9.17) is 14.4 Å². The van der Waals surface area contributed by atoms with E-state index in [1.54, 1.807) is 30.3 Å². The minimum atomic E-state index is -3.91. The van der Waals surface area contributed by atoms with Gasteiger partial charge in [0.15, 0.2) is 0 Å². The van der Waals surface area contributed by atoms with Crippen LogP contribution in [0.25, 0.3) is 0 Å². The number of aryl methyl sites for hydroxylation is 3. The number of ether oxygens (including phenoxy) is 1. The second-order valence-corrected chi connectivity index (χ2v) is 10.6. The maximum Gasteiger partial charge on any atom is 0.306 e. The highest BCUT2D eigenvalue weighted by Gasteiger charge is 2.37. The van der Waals surface area contributed by atoms with Gasteiger partial charge in [0.1, 0.15) is 6.61 Å². The second kappa shape index (κ2) is 12.2. The van der Waals surface area contributed by atoms with Gasteiger partial charge in [0.2, 0.25) is 0 Å². The average Bonchev–Trinajstić information content (AvgIpc) is 2.74. The molecule has 0 heterocycles. The third kappa shape index (κ3) is 7.04. The zero-order valence-electron chi connectivity index (χ0n) is 18.1. The highest BCUT2D eigenvalue weighted by molar-refractivity contribution is 7.99. The van der Waals surface area contributed by atoms with Crippen LogP contribution in [0.1, 0.15) is 33.5 Å². The lowest BCUT2D eigenvalue weighted by Gasteiger charge is -2.20. The molecule has 0 radical (unpaired) electrons. The minimum Gasteiger partial charge on any atom is -0.463 e. The lowest BCUT2D eigenvalue weighted by Crippen LogP contribution is -2.20. The van der Waals surface area contributed by atoms with E-state index in [1.807, 2.05) is 32.9 Å². The molecule has 0 aliphatic carbocycles. The van der Waals surface area contributed by atoms with Crippen LogP contribution in [0, 0.1) is 20.8 Å². The topological polar surface area (TPSA) is 89.9 Å². The Morgan fingerprint density at radius 1 is 1.00 bits per heavy atom. The molecule has 2 rings (SSSR count). The summed E-state index contributed by atoms with van der Waals surface area (Å²) in [5, 5.41) is 9.05. The van der Waals surface area contributed by atoms with Crippen LogP contribution in [0.4, 0.5) is 0 Å². The monoisotopic (exact) mass is 464 g/mol. The van der Waals surface area contributed by atoms with Crippen LogP contribution in [-0.2, 0) is 18.6 Å². The molecule has 0 aromatic heterocycles. The molecule has 1 N–H and O–H groups in total. The predicted octanol–water partition coefficient (Wildman–Crippen LogP) is 4.03. The Labute approximate surface area is 187 Å². The van der Waals surface area contributed by atoms with Gasteiger partial charge in [0.25, 0.3) is 5.52 Å². The van der Waals surface area contributed by atoms with Crippen molar-refractivity contribution in [3.8, 4) is 0 Å². The number of rotatable bonds is 12. The smallest absolute Gasteiger partial charge is 0.306 e. The SMILES string of the molecule is Cc1cc(C)c(C(=O)P(=O)(OCCOC(=O)CCSCCO)c2ccccc2)c(C)c1. The Morgan fingerprint density at radius 3 is 2.26 bits per heavy atom. The number of benzene rings is 2. The lowest BCUT2D eigenvalue weighted by molar-refractivity contribution is -0.143. The van der Waals surface area contributed by atoms with E-state index < -0.39 is 18.9 Å². The van der Waals surface area contributed by atoms with E-state index in [1.165, 1.54) is 11.8 Å². The minimum absolute atomic E-state index is 0.0658. The van der Waals surface area contributed by atoms with Gasteiger partial charge in [-0.05, 0) is 44.0 Å². The van der Waals surface area contributed by atoms with Crippen LogP contribution in [-0.4, -0.2) is 47.9 Å². The highest BCUT2D eigenvalue weighted by Crippen LogP contribution is 2.50. The van der Waals surface area contributed by atoms with Gasteiger partial charge in [-0.25, -0.2) is 0 Å². The van der Waals surface area contributed by atoms with Gasteiger partial charge in [-0.3, -0.25) is 14.2 Å². The zero-order chi connectivity index (χ0) is 22.9. The fourth-order valence-electron chi connectivity index (χ4n) is 3.25. The van der Waals surface area contributed by atoms with Crippen molar-refractivity contribution in [3.63, 3.8) is 0 Å². The summed E-state index contributed by atoms with van der Waals surface area (Å²) in [5.41, 5.74) is 2.35. The van der Waals surface area contributed by atoms with Gasteiger partial charge in [-0.1, -0.05) is 35.9 Å². The maximum absolute atomic E-state index is 13.9. The van der Waals surface area contributed by atoms with Crippen molar-refractivity contribution in [1.29, 1.82) is 0 Å². The molecule has 0 saturated carbocycles. The molecule has 0 spiro atoms. The van der Waals surface area contributed by atoms with Gasteiger partial charge >= 0.3 is 13.3 Å². The Bertz CT molecular complexity index is 921. The molecule has 0 aliphatic heterocycles. The number of carbonyl (C=O) groups is 2. The quantitative estimate of drug-likeness (QED) is 0.288. The molecule has 1 unspecified atom stereocenters. The van der Waals surface area contributed by atoms with E-state index in [-0.39, 0.29) is 26.2 Å². The number of thioether (sulfide) groups is 1. The highest BCUT2D eigenvalue weighted by atomic mass is 32.2. The second-order valence-electron chi connectivity index (χ2n) is 7.11. The molecule has 0 aliphatic rings.